The van der Waals surface area contributed by atoms with E-state index in [9.17, 15) is 4.39 Å². The zero-order chi connectivity index (χ0) is 14.5. The van der Waals surface area contributed by atoms with Crippen LogP contribution < -0.4 is 4.74 Å². The number of halogens is 1. The lowest BCUT2D eigenvalue weighted by Crippen LogP contribution is -1.99. The standard InChI is InChI=1S/C16H11FN2O/c1-11-2-3-12(8-18)7-16(11)20-10-14-4-13(9-19)5-15(17)6-14/h2-7H,10H2,1H3. The van der Waals surface area contributed by atoms with E-state index in [2.05, 4.69) is 0 Å². The van der Waals surface area contributed by atoms with Crippen LogP contribution in [0.5, 0.6) is 5.75 Å². The predicted molar refractivity (Wildman–Crippen MR) is 71.3 cm³/mol. The summed E-state index contributed by atoms with van der Waals surface area (Å²) >= 11 is 0. The van der Waals surface area contributed by atoms with Crippen molar-refractivity contribution < 1.29 is 9.13 Å². The summed E-state index contributed by atoms with van der Waals surface area (Å²) in [5.41, 5.74) is 2.22. The molecule has 0 aliphatic heterocycles. The third-order valence-corrected chi connectivity index (χ3v) is 2.80. The summed E-state index contributed by atoms with van der Waals surface area (Å²) in [6.45, 7) is 2.00. The number of nitrogens with zero attached hydrogens (tertiary/aromatic N) is 2. The van der Waals surface area contributed by atoms with Gasteiger partial charge in [0.2, 0.25) is 0 Å². The van der Waals surface area contributed by atoms with Gasteiger partial charge in [0, 0.05) is 0 Å². The molecule has 0 saturated carbocycles. The molecule has 0 bridgehead atoms. The second-order valence-corrected chi connectivity index (χ2v) is 4.34. The number of aryl methyl sites for hydroxylation is 1. The van der Waals surface area contributed by atoms with Crippen molar-refractivity contribution >= 4 is 0 Å². The number of rotatable bonds is 3. The summed E-state index contributed by atoms with van der Waals surface area (Å²) in [6, 6.07) is 13.1. The average molecular weight is 266 g/mol. The van der Waals surface area contributed by atoms with Crippen LogP contribution in [0.4, 0.5) is 4.39 Å². The second kappa shape index (κ2) is 5.86. The molecule has 0 spiro atoms. The molecule has 4 heteroatoms. The van der Waals surface area contributed by atoms with Gasteiger partial charge in [-0.25, -0.2) is 4.39 Å². The average Bonchev–Trinajstić information content (AvgIpc) is 2.45. The molecule has 2 aromatic rings. The highest BCUT2D eigenvalue weighted by Gasteiger charge is 2.05. The van der Waals surface area contributed by atoms with Crippen LogP contribution in [0.3, 0.4) is 0 Å². The third-order valence-electron chi connectivity index (χ3n) is 2.80. The van der Waals surface area contributed by atoms with Gasteiger partial charge in [0.1, 0.15) is 18.2 Å². The predicted octanol–water partition coefficient (Wildman–Crippen LogP) is 3.46. The highest BCUT2D eigenvalue weighted by molar-refractivity contribution is 5.42. The fourth-order valence-electron chi connectivity index (χ4n) is 1.78. The molecule has 0 aliphatic carbocycles. The third kappa shape index (κ3) is 3.13. The van der Waals surface area contributed by atoms with Gasteiger partial charge in [-0.1, -0.05) is 6.07 Å². The summed E-state index contributed by atoms with van der Waals surface area (Å²) in [6.07, 6.45) is 0. The Hall–Kier alpha value is -2.85. The first-order chi connectivity index (χ1) is 9.62. The molecule has 98 valence electrons. The van der Waals surface area contributed by atoms with E-state index in [4.69, 9.17) is 15.3 Å². The molecule has 0 atom stereocenters. The number of ether oxygens (including phenoxy) is 1. The Morgan fingerprint density at radius 1 is 1.05 bits per heavy atom. The zero-order valence-corrected chi connectivity index (χ0v) is 10.9. The van der Waals surface area contributed by atoms with Crippen LogP contribution in [0, 0.1) is 35.4 Å². The molecule has 2 rings (SSSR count). The van der Waals surface area contributed by atoms with Gasteiger partial charge in [0.15, 0.2) is 0 Å². The second-order valence-electron chi connectivity index (χ2n) is 4.34. The quantitative estimate of drug-likeness (QED) is 0.854. The van der Waals surface area contributed by atoms with Gasteiger partial charge >= 0.3 is 0 Å². The van der Waals surface area contributed by atoms with Gasteiger partial charge in [-0.2, -0.15) is 10.5 Å². The lowest BCUT2D eigenvalue weighted by molar-refractivity contribution is 0.303. The molecule has 2 aromatic carbocycles. The van der Waals surface area contributed by atoms with Gasteiger partial charge in [0.25, 0.3) is 0 Å². The molecule has 0 unspecified atom stereocenters. The summed E-state index contributed by atoms with van der Waals surface area (Å²) in [5, 5.41) is 17.6. The largest absolute Gasteiger partial charge is 0.489 e. The minimum atomic E-state index is -0.467. The molecule has 0 N–H and O–H groups in total. The summed E-state index contributed by atoms with van der Waals surface area (Å²) in [7, 11) is 0. The number of nitriles is 2. The number of hydrogen-bond donors (Lipinski definition) is 0. The van der Waals surface area contributed by atoms with E-state index in [-0.39, 0.29) is 12.2 Å². The van der Waals surface area contributed by atoms with Gasteiger partial charge in [-0.3, -0.25) is 0 Å². The van der Waals surface area contributed by atoms with Gasteiger partial charge in [-0.05, 0) is 48.4 Å². The zero-order valence-electron chi connectivity index (χ0n) is 10.9. The lowest BCUT2D eigenvalue weighted by atomic mass is 10.1. The van der Waals surface area contributed by atoms with Crippen LogP contribution in [-0.2, 0) is 6.61 Å². The van der Waals surface area contributed by atoms with Crippen molar-refractivity contribution in [2.45, 2.75) is 13.5 Å². The Morgan fingerprint density at radius 3 is 2.50 bits per heavy atom. The first-order valence-electron chi connectivity index (χ1n) is 5.95. The van der Waals surface area contributed by atoms with Crippen LogP contribution in [-0.4, -0.2) is 0 Å². The van der Waals surface area contributed by atoms with E-state index >= 15 is 0 Å². The minimum Gasteiger partial charge on any atom is -0.489 e. The molecule has 0 fully saturated rings. The van der Waals surface area contributed by atoms with Crippen LogP contribution in [0.25, 0.3) is 0 Å². The van der Waals surface area contributed by atoms with Crippen molar-refractivity contribution in [3.63, 3.8) is 0 Å². The smallest absolute Gasteiger partial charge is 0.124 e. The molecule has 0 radical (unpaired) electrons. The highest BCUT2D eigenvalue weighted by Crippen LogP contribution is 2.21. The Labute approximate surface area is 116 Å². The summed E-state index contributed by atoms with van der Waals surface area (Å²) in [4.78, 5) is 0. The monoisotopic (exact) mass is 266 g/mol. The van der Waals surface area contributed by atoms with Crippen molar-refractivity contribution in [1.29, 1.82) is 10.5 Å². The van der Waals surface area contributed by atoms with E-state index in [0.717, 1.165) is 5.56 Å². The first kappa shape index (κ1) is 13.6. The van der Waals surface area contributed by atoms with Crippen molar-refractivity contribution in [2.75, 3.05) is 0 Å². The highest BCUT2D eigenvalue weighted by atomic mass is 19.1. The Kier molecular flexibility index (Phi) is 3.98. The molecule has 3 nitrogen and oxygen atoms in total. The van der Waals surface area contributed by atoms with E-state index < -0.39 is 5.82 Å². The SMILES string of the molecule is Cc1ccc(C#N)cc1OCc1cc(F)cc(C#N)c1. The fourth-order valence-corrected chi connectivity index (χ4v) is 1.78. The van der Waals surface area contributed by atoms with Crippen molar-refractivity contribution in [1.82, 2.24) is 0 Å². The summed E-state index contributed by atoms with van der Waals surface area (Å²) in [5.74, 6) is 0.108. The Balaban J connectivity index is 2.19. The maximum absolute atomic E-state index is 13.3. The van der Waals surface area contributed by atoms with E-state index in [0.29, 0.717) is 16.9 Å². The van der Waals surface area contributed by atoms with Crippen LogP contribution in [0.1, 0.15) is 22.3 Å². The Bertz CT molecular complexity index is 726. The van der Waals surface area contributed by atoms with E-state index in [1.807, 2.05) is 19.1 Å². The number of hydrogen-bond acceptors (Lipinski definition) is 3. The van der Waals surface area contributed by atoms with Gasteiger partial charge in [-0.15, -0.1) is 0 Å². The minimum absolute atomic E-state index is 0.141. The van der Waals surface area contributed by atoms with Crippen LogP contribution in [0.2, 0.25) is 0 Å². The molecule has 0 heterocycles. The summed E-state index contributed by atoms with van der Waals surface area (Å²) < 4.78 is 18.9. The fraction of sp³-hybridized carbons (Fsp3) is 0.125. The van der Waals surface area contributed by atoms with Crippen molar-refractivity contribution in [2.24, 2.45) is 0 Å². The van der Waals surface area contributed by atoms with E-state index in [1.165, 1.54) is 12.1 Å². The molecular weight excluding hydrogens is 255 g/mol. The topological polar surface area (TPSA) is 56.8 Å². The van der Waals surface area contributed by atoms with E-state index in [1.54, 1.807) is 24.3 Å². The maximum atomic E-state index is 13.3. The van der Waals surface area contributed by atoms with Gasteiger partial charge in [0.05, 0.1) is 23.3 Å². The molecular formula is C16H11FN2O. The molecule has 0 saturated heterocycles. The Morgan fingerprint density at radius 2 is 1.80 bits per heavy atom. The first-order valence-corrected chi connectivity index (χ1v) is 5.95. The van der Waals surface area contributed by atoms with Crippen LogP contribution in [0.15, 0.2) is 36.4 Å². The molecule has 0 amide bonds. The molecule has 0 aromatic heterocycles. The molecule has 0 aliphatic rings. The van der Waals surface area contributed by atoms with Crippen molar-refractivity contribution in [3.8, 4) is 17.9 Å². The maximum Gasteiger partial charge on any atom is 0.124 e. The van der Waals surface area contributed by atoms with Crippen molar-refractivity contribution in [3.05, 3.63) is 64.5 Å². The normalized spacial score (nSPS) is 9.60. The number of benzene rings is 2. The van der Waals surface area contributed by atoms with Crippen LogP contribution >= 0.6 is 0 Å². The molecule has 20 heavy (non-hydrogen) atoms. The lowest BCUT2D eigenvalue weighted by Gasteiger charge is -2.09. The van der Waals surface area contributed by atoms with Gasteiger partial charge < -0.3 is 4.74 Å².